The summed E-state index contributed by atoms with van der Waals surface area (Å²) in [6.45, 7) is 2.46. The van der Waals surface area contributed by atoms with Gasteiger partial charge in [-0.3, -0.25) is 9.88 Å². The molecule has 0 saturated heterocycles. The van der Waals surface area contributed by atoms with Crippen LogP contribution in [-0.2, 0) is 6.42 Å². The number of nitrogens with two attached hydrogens (primary N) is 1. The van der Waals surface area contributed by atoms with Crippen LogP contribution in [0.25, 0.3) is 0 Å². The Morgan fingerprint density at radius 1 is 1.12 bits per heavy atom. The lowest BCUT2D eigenvalue weighted by molar-refractivity contribution is 0.176. The van der Waals surface area contributed by atoms with E-state index in [1.807, 2.05) is 12.3 Å². The Hall–Kier alpha value is -2.11. The maximum absolute atomic E-state index is 5.91. The molecule has 0 saturated carbocycles. The largest absolute Gasteiger partial charge is 0.363 e. The smallest absolute Gasteiger partial charge is 0.110 e. The molecule has 0 amide bonds. The number of nitrogens with zero attached hydrogens (tertiary/aromatic N) is 2. The average Bonchev–Trinajstić information content (AvgIpc) is 3.03. The zero-order chi connectivity index (χ0) is 16.4. The lowest BCUT2D eigenvalue weighted by Crippen LogP contribution is -2.44. The van der Waals surface area contributed by atoms with E-state index in [0.29, 0.717) is 12.6 Å². The molecular weight excluding hydrogens is 298 g/mol. The van der Waals surface area contributed by atoms with Crippen LogP contribution in [0.5, 0.6) is 0 Å². The summed E-state index contributed by atoms with van der Waals surface area (Å²) >= 11 is 0. The fourth-order valence-electron chi connectivity index (χ4n) is 3.95. The van der Waals surface area contributed by atoms with Crippen molar-refractivity contribution in [3.05, 3.63) is 53.9 Å². The van der Waals surface area contributed by atoms with E-state index in [0.717, 1.165) is 25.9 Å². The van der Waals surface area contributed by atoms with Gasteiger partial charge in [-0.05, 0) is 43.0 Å². The van der Waals surface area contributed by atoms with Crippen LogP contribution in [0.1, 0.15) is 30.1 Å². The fraction of sp³-hybridized carbons (Fsp3) is 0.421. The third-order valence-corrected chi connectivity index (χ3v) is 5.03. The van der Waals surface area contributed by atoms with Crippen molar-refractivity contribution in [1.82, 2.24) is 9.88 Å². The molecule has 2 heterocycles. The summed E-state index contributed by atoms with van der Waals surface area (Å²) in [6.07, 6.45) is 5.64. The van der Waals surface area contributed by atoms with Crippen molar-refractivity contribution in [2.45, 2.75) is 31.5 Å². The molecule has 1 aliphatic heterocycles. The van der Waals surface area contributed by atoms with Crippen LogP contribution in [-0.4, -0.2) is 35.7 Å². The molecule has 1 unspecified atom stereocenters. The highest BCUT2D eigenvalue weighted by molar-refractivity contribution is 5.74. The quantitative estimate of drug-likeness (QED) is 0.789. The van der Waals surface area contributed by atoms with Gasteiger partial charge in [-0.25, -0.2) is 0 Å². The van der Waals surface area contributed by atoms with E-state index in [1.165, 1.54) is 29.1 Å². The minimum Gasteiger partial charge on any atom is -0.363 e. The minimum atomic E-state index is 0.211. The van der Waals surface area contributed by atoms with Gasteiger partial charge in [0.25, 0.3) is 0 Å². The molecule has 24 heavy (non-hydrogen) atoms. The predicted molar refractivity (Wildman–Crippen MR) is 98.0 cm³/mol. The maximum Gasteiger partial charge on any atom is 0.110 e. The Balaban J connectivity index is 1.52. The molecule has 1 atom stereocenters. The summed E-state index contributed by atoms with van der Waals surface area (Å²) in [5.74, 6) is 0. The first-order valence-corrected chi connectivity index (χ1v) is 8.85. The van der Waals surface area contributed by atoms with Crippen molar-refractivity contribution in [3.63, 3.8) is 0 Å². The van der Waals surface area contributed by atoms with Crippen molar-refractivity contribution >= 4 is 11.4 Å². The summed E-state index contributed by atoms with van der Waals surface area (Å²) in [5, 5.41) is 7.14. The summed E-state index contributed by atoms with van der Waals surface area (Å²) in [5.41, 5.74) is 10.9. The third-order valence-electron chi connectivity index (χ3n) is 5.03. The summed E-state index contributed by atoms with van der Waals surface area (Å²) < 4.78 is 0. The molecule has 0 spiro atoms. The van der Waals surface area contributed by atoms with E-state index in [4.69, 9.17) is 10.7 Å². The first-order valence-electron chi connectivity index (χ1n) is 8.85. The van der Waals surface area contributed by atoms with Crippen LogP contribution in [0, 0.1) is 0 Å². The summed E-state index contributed by atoms with van der Waals surface area (Å²) in [6, 6.07) is 13.0. The van der Waals surface area contributed by atoms with Crippen molar-refractivity contribution in [2.24, 2.45) is 5.73 Å². The molecule has 1 aliphatic carbocycles. The lowest BCUT2D eigenvalue weighted by atomic mass is 9.90. The monoisotopic (exact) mass is 323 g/mol. The Morgan fingerprint density at radius 3 is 2.67 bits per heavy atom. The fourth-order valence-corrected chi connectivity index (χ4v) is 3.95. The van der Waals surface area contributed by atoms with Crippen LogP contribution >= 0.6 is 0 Å². The van der Waals surface area contributed by atoms with Crippen LogP contribution < -0.4 is 16.4 Å². The van der Waals surface area contributed by atoms with Crippen LogP contribution in [0.2, 0.25) is 0 Å². The van der Waals surface area contributed by atoms with Crippen molar-refractivity contribution < 1.29 is 0 Å². The summed E-state index contributed by atoms with van der Waals surface area (Å²) in [7, 11) is 0. The predicted octanol–water partition coefficient (Wildman–Crippen LogP) is 2.58. The van der Waals surface area contributed by atoms with E-state index >= 15 is 0 Å². The third kappa shape index (κ3) is 2.97. The molecule has 5 heteroatoms. The molecule has 126 valence electrons. The highest BCUT2D eigenvalue weighted by Gasteiger charge is 2.30. The molecule has 0 radical (unpaired) electrons. The topological polar surface area (TPSA) is 66.2 Å². The Labute approximate surface area is 143 Å². The standard InChI is InChI=1S/C19H25N5/c20-10-12-24(13-18-22-15-7-1-2-8-16(15)23-18)17-9-3-5-14-6-4-11-21-19(14)17/h1-2,4,6-8,11,17-18,22-23H,3,5,9-10,12-13,20H2. The van der Waals surface area contributed by atoms with Gasteiger partial charge in [0.15, 0.2) is 0 Å². The molecule has 2 aromatic rings. The van der Waals surface area contributed by atoms with Gasteiger partial charge in [-0.2, -0.15) is 0 Å². The Morgan fingerprint density at radius 2 is 1.92 bits per heavy atom. The molecule has 1 aromatic carbocycles. The van der Waals surface area contributed by atoms with Crippen molar-refractivity contribution in [2.75, 3.05) is 30.3 Å². The number of pyridine rings is 1. The van der Waals surface area contributed by atoms with Crippen LogP contribution in [0.3, 0.4) is 0 Å². The van der Waals surface area contributed by atoms with Crippen molar-refractivity contribution in [3.8, 4) is 0 Å². The van der Waals surface area contributed by atoms with Gasteiger partial charge >= 0.3 is 0 Å². The minimum absolute atomic E-state index is 0.211. The zero-order valence-corrected chi connectivity index (χ0v) is 13.9. The summed E-state index contributed by atoms with van der Waals surface area (Å²) in [4.78, 5) is 7.18. The average molecular weight is 323 g/mol. The van der Waals surface area contributed by atoms with Gasteiger partial charge in [0.2, 0.25) is 0 Å². The van der Waals surface area contributed by atoms with E-state index in [-0.39, 0.29) is 6.17 Å². The Kier molecular flexibility index (Phi) is 4.36. The molecule has 5 nitrogen and oxygen atoms in total. The molecule has 0 fully saturated rings. The van der Waals surface area contributed by atoms with Gasteiger partial charge in [-0.1, -0.05) is 18.2 Å². The van der Waals surface area contributed by atoms with Crippen LogP contribution in [0.15, 0.2) is 42.6 Å². The second-order valence-electron chi connectivity index (χ2n) is 6.63. The van der Waals surface area contributed by atoms with Gasteiger partial charge in [0.05, 0.1) is 23.1 Å². The Bertz CT molecular complexity index is 677. The normalized spacial score (nSPS) is 19.5. The number of aromatic nitrogens is 1. The highest BCUT2D eigenvalue weighted by Crippen LogP contribution is 2.34. The maximum atomic E-state index is 5.91. The van der Waals surface area contributed by atoms with E-state index in [2.05, 4.69) is 45.9 Å². The first kappa shape index (κ1) is 15.4. The molecule has 4 N–H and O–H groups in total. The number of rotatable bonds is 5. The number of hydrogen-bond acceptors (Lipinski definition) is 5. The number of anilines is 2. The molecular formula is C19H25N5. The van der Waals surface area contributed by atoms with E-state index < -0.39 is 0 Å². The number of para-hydroxylation sites is 2. The second kappa shape index (κ2) is 6.79. The van der Waals surface area contributed by atoms with Crippen molar-refractivity contribution in [1.29, 1.82) is 0 Å². The van der Waals surface area contributed by atoms with E-state index in [1.54, 1.807) is 0 Å². The number of nitrogens with one attached hydrogen (secondary N) is 2. The molecule has 4 rings (SSSR count). The SMILES string of the molecule is NCCN(CC1Nc2ccccc2N1)C1CCCc2cccnc21. The zero-order valence-electron chi connectivity index (χ0n) is 13.9. The highest BCUT2D eigenvalue weighted by atomic mass is 15.3. The molecule has 1 aromatic heterocycles. The van der Waals surface area contributed by atoms with Gasteiger partial charge in [0, 0.05) is 25.8 Å². The van der Waals surface area contributed by atoms with Gasteiger partial charge < -0.3 is 16.4 Å². The number of benzene rings is 1. The first-order chi connectivity index (χ1) is 11.8. The van der Waals surface area contributed by atoms with E-state index in [9.17, 15) is 0 Å². The van der Waals surface area contributed by atoms with Gasteiger partial charge in [0.1, 0.15) is 6.17 Å². The molecule has 2 aliphatic rings. The number of hydrogen-bond donors (Lipinski definition) is 3. The van der Waals surface area contributed by atoms with Crippen LogP contribution in [0.4, 0.5) is 11.4 Å². The lowest BCUT2D eigenvalue weighted by Gasteiger charge is -2.36. The molecule has 0 bridgehead atoms. The van der Waals surface area contributed by atoms with Gasteiger partial charge in [-0.15, -0.1) is 0 Å². The number of aryl methyl sites for hydroxylation is 1. The second-order valence-corrected chi connectivity index (χ2v) is 6.63. The number of fused-ring (bicyclic) bond motifs is 2.